The Kier molecular flexibility index (Phi) is 4.05. The molecule has 0 radical (unpaired) electrons. The van der Waals surface area contributed by atoms with Gasteiger partial charge in [-0.05, 0) is 38.7 Å². The van der Waals surface area contributed by atoms with Crippen LogP contribution in [0.5, 0.6) is 0 Å². The lowest BCUT2D eigenvalue weighted by Crippen LogP contribution is -2.42. The van der Waals surface area contributed by atoms with Gasteiger partial charge in [0.25, 0.3) is 5.56 Å². The smallest absolute Gasteiger partial charge is 0.264 e. The summed E-state index contributed by atoms with van der Waals surface area (Å²) < 4.78 is 5.62. The molecule has 21 heavy (non-hydrogen) atoms. The molecule has 1 amide bonds. The predicted molar refractivity (Wildman–Crippen MR) is 76.7 cm³/mol. The molecule has 114 valence electrons. The number of amides is 1. The van der Waals surface area contributed by atoms with Gasteiger partial charge in [0.05, 0.1) is 23.8 Å². The van der Waals surface area contributed by atoms with Crippen LogP contribution < -0.4 is 5.56 Å². The highest BCUT2D eigenvalue weighted by Gasteiger charge is 2.38. The van der Waals surface area contributed by atoms with Gasteiger partial charge in [0.2, 0.25) is 5.91 Å². The zero-order valence-corrected chi connectivity index (χ0v) is 12.2. The van der Waals surface area contributed by atoms with E-state index in [-0.39, 0.29) is 29.5 Å². The van der Waals surface area contributed by atoms with Crippen molar-refractivity contribution < 1.29 is 9.53 Å². The number of aromatic nitrogens is 2. The fraction of sp³-hybridized carbons (Fsp3) is 0.667. The summed E-state index contributed by atoms with van der Waals surface area (Å²) in [7, 11) is 0. The monoisotopic (exact) mass is 291 g/mol. The Balaban J connectivity index is 1.78. The van der Waals surface area contributed by atoms with Crippen LogP contribution in [0.3, 0.4) is 0 Å². The second-order valence-corrected chi connectivity index (χ2v) is 5.86. The van der Waals surface area contributed by atoms with Gasteiger partial charge in [-0.2, -0.15) is 5.10 Å². The van der Waals surface area contributed by atoms with Gasteiger partial charge in [-0.25, -0.2) is 5.10 Å². The van der Waals surface area contributed by atoms with Crippen molar-refractivity contribution in [2.24, 2.45) is 5.92 Å². The molecule has 0 aliphatic carbocycles. The molecule has 2 aliphatic heterocycles. The summed E-state index contributed by atoms with van der Waals surface area (Å²) in [6.07, 6.45) is 3.68. The summed E-state index contributed by atoms with van der Waals surface area (Å²) >= 11 is 0. The predicted octanol–water partition coefficient (Wildman–Crippen LogP) is 1.25. The van der Waals surface area contributed by atoms with Crippen molar-refractivity contribution >= 4 is 5.91 Å². The minimum Gasteiger partial charge on any atom is -0.378 e. The van der Waals surface area contributed by atoms with Crippen LogP contribution in [0.15, 0.2) is 16.9 Å². The summed E-state index contributed by atoms with van der Waals surface area (Å²) in [5.74, 6) is 0.111. The van der Waals surface area contributed by atoms with Crippen LogP contribution >= 0.6 is 0 Å². The average Bonchev–Trinajstić information content (AvgIpc) is 2.97. The molecule has 6 heteroatoms. The van der Waals surface area contributed by atoms with Crippen molar-refractivity contribution in [3.05, 3.63) is 28.2 Å². The number of hydrogen-bond acceptors (Lipinski definition) is 4. The topological polar surface area (TPSA) is 75.3 Å². The van der Waals surface area contributed by atoms with Gasteiger partial charge in [0, 0.05) is 19.2 Å². The van der Waals surface area contributed by atoms with Crippen molar-refractivity contribution in [1.82, 2.24) is 15.1 Å². The summed E-state index contributed by atoms with van der Waals surface area (Å²) in [6, 6.07) is 3.16. The number of nitrogens with zero attached hydrogens (tertiary/aromatic N) is 2. The molecule has 0 saturated carbocycles. The lowest BCUT2D eigenvalue weighted by molar-refractivity contribution is -0.145. The maximum absolute atomic E-state index is 12.8. The van der Waals surface area contributed by atoms with Crippen LogP contribution in [-0.4, -0.2) is 40.3 Å². The fourth-order valence-corrected chi connectivity index (χ4v) is 3.34. The Hall–Kier alpha value is -1.69. The minimum atomic E-state index is -0.219. The number of carbonyl (C=O) groups excluding carboxylic acids is 1. The molecule has 3 atom stereocenters. The lowest BCUT2D eigenvalue weighted by Gasteiger charge is -2.33. The molecular formula is C15H21N3O3. The van der Waals surface area contributed by atoms with E-state index in [0.29, 0.717) is 0 Å². The van der Waals surface area contributed by atoms with E-state index >= 15 is 0 Å². The molecule has 0 spiro atoms. The third-order valence-corrected chi connectivity index (χ3v) is 4.50. The number of H-pyrrole nitrogens is 1. The number of ether oxygens (including phenoxy) is 1. The zero-order chi connectivity index (χ0) is 14.8. The fourth-order valence-electron chi connectivity index (χ4n) is 3.34. The maximum atomic E-state index is 12.8. The van der Waals surface area contributed by atoms with Crippen molar-refractivity contribution in [3.8, 4) is 0 Å². The molecule has 6 nitrogen and oxygen atoms in total. The SMILES string of the molecule is CC1OCCCC1C(=O)N1CCCC1c1ccc(=O)[nH]n1. The first-order valence-electron chi connectivity index (χ1n) is 7.64. The van der Waals surface area contributed by atoms with Crippen LogP contribution in [0.2, 0.25) is 0 Å². The summed E-state index contributed by atoms with van der Waals surface area (Å²) in [4.78, 5) is 25.8. The zero-order valence-electron chi connectivity index (χ0n) is 12.2. The third-order valence-electron chi connectivity index (χ3n) is 4.50. The van der Waals surface area contributed by atoms with E-state index in [4.69, 9.17) is 4.74 Å². The molecule has 3 heterocycles. The second-order valence-electron chi connectivity index (χ2n) is 5.86. The Morgan fingerprint density at radius 3 is 2.95 bits per heavy atom. The number of rotatable bonds is 2. The van der Waals surface area contributed by atoms with Crippen LogP contribution in [0.4, 0.5) is 0 Å². The lowest BCUT2D eigenvalue weighted by atomic mass is 9.93. The normalized spacial score (nSPS) is 29.6. The first-order valence-corrected chi connectivity index (χ1v) is 7.64. The van der Waals surface area contributed by atoms with Crippen LogP contribution in [0, 0.1) is 5.92 Å². The largest absolute Gasteiger partial charge is 0.378 e. The van der Waals surface area contributed by atoms with Gasteiger partial charge >= 0.3 is 0 Å². The molecule has 3 unspecified atom stereocenters. The van der Waals surface area contributed by atoms with E-state index in [2.05, 4.69) is 10.2 Å². The van der Waals surface area contributed by atoms with E-state index in [9.17, 15) is 9.59 Å². The highest BCUT2D eigenvalue weighted by atomic mass is 16.5. The van der Waals surface area contributed by atoms with Gasteiger partial charge < -0.3 is 9.64 Å². The highest BCUT2D eigenvalue weighted by Crippen LogP contribution is 2.34. The van der Waals surface area contributed by atoms with Gasteiger partial charge in [-0.15, -0.1) is 0 Å². The molecule has 1 N–H and O–H groups in total. The number of carbonyl (C=O) groups is 1. The summed E-state index contributed by atoms with van der Waals surface area (Å²) in [6.45, 7) is 3.48. The maximum Gasteiger partial charge on any atom is 0.264 e. The van der Waals surface area contributed by atoms with Crippen molar-refractivity contribution in [2.75, 3.05) is 13.2 Å². The minimum absolute atomic E-state index is 0.0176. The second kappa shape index (κ2) is 5.97. The molecule has 0 bridgehead atoms. The van der Waals surface area contributed by atoms with Gasteiger partial charge in [0.15, 0.2) is 0 Å². The molecule has 2 saturated heterocycles. The summed E-state index contributed by atoms with van der Waals surface area (Å²) in [5.41, 5.74) is 0.550. The number of aromatic amines is 1. The van der Waals surface area contributed by atoms with Gasteiger partial charge in [-0.1, -0.05) is 0 Å². The molecule has 2 fully saturated rings. The molecule has 2 aliphatic rings. The van der Waals surface area contributed by atoms with E-state index in [1.807, 2.05) is 11.8 Å². The number of nitrogens with one attached hydrogen (secondary N) is 1. The standard InChI is InChI=1S/C15H21N3O3/c1-10-11(4-3-9-21-10)15(20)18-8-2-5-13(18)12-6-7-14(19)17-16-12/h6-7,10-11,13H,2-5,8-9H2,1H3,(H,17,19). The van der Waals surface area contributed by atoms with Crippen molar-refractivity contribution in [1.29, 1.82) is 0 Å². The van der Waals surface area contributed by atoms with Crippen molar-refractivity contribution in [3.63, 3.8) is 0 Å². The Morgan fingerprint density at radius 2 is 2.24 bits per heavy atom. The first kappa shape index (κ1) is 14.3. The first-order chi connectivity index (χ1) is 10.2. The highest BCUT2D eigenvalue weighted by molar-refractivity contribution is 5.80. The van der Waals surface area contributed by atoms with E-state index in [1.165, 1.54) is 6.07 Å². The summed E-state index contributed by atoms with van der Waals surface area (Å²) in [5, 5.41) is 6.55. The van der Waals surface area contributed by atoms with Crippen molar-refractivity contribution in [2.45, 2.75) is 44.8 Å². The average molecular weight is 291 g/mol. The molecule has 1 aromatic rings. The third kappa shape index (κ3) is 2.85. The number of hydrogen-bond donors (Lipinski definition) is 1. The quantitative estimate of drug-likeness (QED) is 0.889. The molecule has 1 aromatic heterocycles. The molecular weight excluding hydrogens is 270 g/mol. The number of likely N-dealkylation sites (tertiary alicyclic amines) is 1. The van der Waals surface area contributed by atoms with E-state index < -0.39 is 0 Å². The van der Waals surface area contributed by atoms with Gasteiger partial charge in [0.1, 0.15) is 0 Å². The van der Waals surface area contributed by atoms with Crippen LogP contribution in [-0.2, 0) is 9.53 Å². The Morgan fingerprint density at radius 1 is 1.38 bits per heavy atom. The van der Waals surface area contributed by atoms with Gasteiger partial charge in [-0.3, -0.25) is 9.59 Å². The van der Waals surface area contributed by atoms with Crippen LogP contribution in [0.1, 0.15) is 44.3 Å². The van der Waals surface area contributed by atoms with Crippen LogP contribution in [0.25, 0.3) is 0 Å². The Bertz CT molecular complexity index is 551. The van der Waals surface area contributed by atoms with E-state index in [1.54, 1.807) is 6.07 Å². The Labute approximate surface area is 123 Å². The molecule has 3 rings (SSSR count). The molecule has 0 aromatic carbocycles. The van der Waals surface area contributed by atoms with E-state index in [0.717, 1.165) is 44.5 Å².